The molecule has 0 aromatic heterocycles. The molecule has 1 aromatic carbocycles. The Hall–Kier alpha value is -1.64. The summed E-state index contributed by atoms with van der Waals surface area (Å²) in [4.78, 5) is 11.4. The van der Waals surface area contributed by atoms with E-state index in [-0.39, 0.29) is 10.9 Å². The van der Waals surface area contributed by atoms with Crippen molar-refractivity contribution < 1.29 is 17.9 Å². The molecule has 0 heterocycles. The number of methoxy groups -OCH3 is 1. The molecule has 19 heavy (non-hydrogen) atoms. The third kappa shape index (κ3) is 5.69. The van der Waals surface area contributed by atoms with Gasteiger partial charge in [0.2, 0.25) is 10.0 Å². The van der Waals surface area contributed by atoms with Crippen molar-refractivity contribution in [2.75, 3.05) is 20.3 Å². The predicted octanol–water partition coefficient (Wildman–Crippen LogP) is -0.220. The number of carbonyl (C=O) groups excluding carboxylic acids is 1. The summed E-state index contributed by atoms with van der Waals surface area (Å²) in [5.74, 6) is 0. The molecule has 0 unspecified atom stereocenters. The van der Waals surface area contributed by atoms with Crippen LogP contribution in [0, 0.1) is 0 Å². The number of hydrogen-bond donors (Lipinski definition) is 3. The lowest BCUT2D eigenvalue weighted by Crippen LogP contribution is -2.36. The molecule has 106 valence electrons. The minimum Gasteiger partial charge on any atom is -0.383 e. The lowest BCUT2D eigenvalue weighted by molar-refractivity contribution is 0.196. The number of nitrogens with one attached hydrogen (secondary N) is 2. The zero-order valence-electron chi connectivity index (χ0n) is 10.5. The van der Waals surface area contributed by atoms with Crippen LogP contribution in [0.5, 0.6) is 0 Å². The quantitative estimate of drug-likeness (QED) is 0.628. The van der Waals surface area contributed by atoms with Gasteiger partial charge in [0.1, 0.15) is 0 Å². The van der Waals surface area contributed by atoms with E-state index >= 15 is 0 Å². The van der Waals surface area contributed by atoms with Gasteiger partial charge in [0.15, 0.2) is 0 Å². The monoisotopic (exact) mass is 287 g/mol. The van der Waals surface area contributed by atoms with Gasteiger partial charge >= 0.3 is 6.03 Å². The molecule has 0 spiro atoms. The number of carbonyl (C=O) groups is 1. The Balaban J connectivity index is 2.44. The average Bonchev–Trinajstić information content (AvgIpc) is 2.36. The summed E-state index contributed by atoms with van der Waals surface area (Å²) in [5, 5.41) is 10.2. The van der Waals surface area contributed by atoms with Crippen molar-refractivity contribution in [3.05, 3.63) is 29.8 Å². The van der Waals surface area contributed by atoms with Crippen LogP contribution < -0.4 is 15.8 Å². The lowest BCUT2D eigenvalue weighted by Gasteiger charge is -2.07. The largest absolute Gasteiger partial charge is 0.383 e. The number of amides is 2. The van der Waals surface area contributed by atoms with Gasteiger partial charge in [-0.1, -0.05) is 12.1 Å². The van der Waals surface area contributed by atoms with Crippen molar-refractivity contribution in [2.45, 2.75) is 11.4 Å². The molecular weight excluding hydrogens is 270 g/mol. The first-order valence-electron chi connectivity index (χ1n) is 5.56. The van der Waals surface area contributed by atoms with Gasteiger partial charge in [-0.2, -0.15) is 0 Å². The van der Waals surface area contributed by atoms with Crippen molar-refractivity contribution in [3.8, 4) is 0 Å². The number of nitrogens with two attached hydrogens (primary N) is 1. The van der Waals surface area contributed by atoms with E-state index in [1.807, 2.05) is 0 Å². The number of rotatable bonds is 6. The molecule has 7 nitrogen and oxygen atoms in total. The standard InChI is InChI=1S/C11H17N3O4S/c1-18-7-6-13-11(15)14-8-9-2-4-10(5-3-9)19(12,16)17/h2-5H,6-8H2,1H3,(H2,12,16,17)(H2,13,14,15). The zero-order valence-corrected chi connectivity index (χ0v) is 11.4. The SMILES string of the molecule is COCCNC(=O)NCc1ccc(S(N)(=O)=O)cc1. The Bertz CT molecular complexity index is 513. The van der Waals surface area contributed by atoms with Gasteiger partial charge in [-0.15, -0.1) is 0 Å². The number of urea groups is 1. The maximum absolute atomic E-state index is 11.3. The summed E-state index contributed by atoms with van der Waals surface area (Å²) < 4.78 is 26.9. The van der Waals surface area contributed by atoms with E-state index in [1.54, 1.807) is 19.2 Å². The number of hydrogen-bond acceptors (Lipinski definition) is 4. The van der Waals surface area contributed by atoms with E-state index in [2.05, 4.69) is 10.6 Å². The summed E-state index contributed by atoms with van der Waals surface area (Å²) in [6.45, 7) is 1.16. The highest BCUT2D eigenvalue weighted by Gasteiger charge is 2.07. The Labute approximate surface area is 112 Å². The Kier molecular flexibility index (Phi) is 5.74. The van der Waals surface area contributed by atoms with Crippen molar-refractivity contribution in [3.63, 3.8) is 0 Å². The van der Waals surface area contributed by atoms with Crippen LogP contribution in [0.1, 0.15) is 5.56 Å². The third-order valence-corrected chi connectivity index (χ3v) is 3.23. The second-order valence-electron chi connectivity index (χ2n) is 3.79. The molecule has 0 radical (unpaired) electrons. The van der Waals surface area contributed by atoms with Crippen molar-refractivity contribution in [1.82, 2.24) is 10.6 Å². The maximum Gasteiger partial charge on any atom is 0.315 e. The van der Waals surface area contributed by atoms with E-state index in [0.717, 1.165) is 5.56 Å². The van der Waals surface area contributed by atoms with E-state index < -0.39 is 10.0 Å². The fraction of sp³-hybridized carbons (Fsp3) is 0.364. The zero-order chi connectivity index (χ0) is 14.3. The summed E-state index contributed by atoms with van der Waals surface area (Å²) in [5.41, 5.74) is 0.772. The number of benzene rings is 1. The van der Waals surface area contributed by atoms with E-state index in [0.29, 0.717) is 19.7 Å². The molecule has 2 amide bonds. The number of sulfonamides is 1. The lowest BCUT2D eigenvalue weighted by atomic mass is 10.2. The molecule has 0 saturated carbocycles. The fourth-order valence-electron chi connectivity index (χ4n) is 1.31. The Morgan fingerprint density at radius 1 is 1.26 bits per heavy atom. The van der Waals surface area contributed by atoms with Gasteiger partial charge < -0.3 is 15.4 Å². The molecule has 0 bridgehead atoms. The normalized spacial score (nSPS) is 11.1. The van der Waals surface area contributed by atoms with E-state index in [4.69, 9.17) is 9.88 Å². The highest BCUT2D eigenvalue weighted by molar-refractivity contribution is 7.89. The molecule has 0 fully saturated rings. The van der Waals surface area contributed by atoms with Crippen LogP contribution in [-0.4, -0.2) is 34.7 Å². The number of ether oxygens (including phenoxy) is 1. The molecule has 0 aliphatic rings. The van der Waals surface area contributed by atoms with Crippen molar-refractivity contribution in [2.24, 2.45) is 5.14 Å². The highest BCUT2D eigenvalue weighted by atomic mass is 32.2. The Morgan fingerprint density at radius 3 is 2.42 bits per heavy atom. The second-order valence-corrected chi connectivity index (χ2v) is 5.35. The summed E-state index contributed by atoms with van der Waals surface area (Å²) in [7, 11) is -2.13. The minimum atomic E-state index is -3.68. The smallest absolute Gasteiger partial charge is 0.315 e. The molecule has 1 aromatic rings. The molecule has 4 N–H and O–H groups in total. The average molecular weight is 287 g/mol. The first-order valence-corrected chi connectivity index (χ1v) is 7.10. The summed E-state index contributed by atoms with van der Waals surface area (Å²) >= 11 is 0. The first-order chi connectivity index (χ1) is 8.93. The molecule has 0 atom stereocenters. The second kappa shape index (κ2) is 7.07. The van der Waals surface area contributed by atoms with E-state index in [1.165, 1.54) is 12.1 Å². The molecule has 8 heteroatoms. The molecule has 0 aliphatic heterocycles. The van der Waals surface area contributed by atoms with Crippen molar-refractivity contribution in [1.29, 1.82) is 0 Å². The van der Waals surface area contributed by atoms with Crippen LogP contribution >= 0.6 is 0 Å². The summed E-state index contributed by atoms with van der Waals surface area (Å²) in [6.07, 6.45) is 0. The van der Waals surface area contributed by atoms with Crippen LogP contribution in [0.3, 0.4) is 0 Å². The topological polar surface area (TPSA) is 111 Å². The molecule has 0 saturated heterocycles. The van der Waals surface area contributed by atoms with Crippen LogP contribution in [0.25, 0.3) is 0 Å². The Morgan fingerprint density at radius 2 is 1.89 bits per heavy atom. The van der Waals surface area contributed by atoms with Gasteiger partial charge in [-0.3, -0.25) is 0 Å². The third-order valence-electron chi connectivity index (χ3n) is 2.30. The van der Waals surface area contributed by atoms with Gasteiger partial charge in [0, 0.05) is 20.2 Å². The fourth-order valence-corrected chi connectivity index (χ4v) is 1.82. The molecule has 0 aliphatic carbocycles. The van der Waals surface area contributed by atoms with Gasteiger partial charge in [-0.05, 0) is 17.7 Å². The molecule has 1 rings (SSSR count). The van der Waals surface area contributed by atoms with E-state index in [9.17, 15) is 13.2 Å². The van der Waals surface area contributed by atoms with Crippen LogP contribution in [-0.2, 0) is 21.3 Å². The van der Waals surface area contributed by atoms with Gasteiger partial charge in [0.25, 0.3) is 0 Å². The maximum atomic E-state index is 11.3. The highest BCUT2D eigenvalue weighted by Crippen LogP contribution is 2.08. The number of primary sulfonamides is 1. The van der Waals surface area contributed by atoms with Crippen LogP contribution in [0.15, 0.2) is 29.2 Å². The predicted molar refractivity (Wildman–Crippen MR) is 69.9 cm³/mol. The van der Waals surface area contributed by atoms with Crippen molar-refractivity contribution >= 4 is 16.1 Å². The van der Waals surface area contributed by atoms with Crippen LogP contribution in [0.4, 0.5) is 4.79 Å². The van der Waals surface area contributed by atoms with Crippen LogP contribution in [0.2, 0.25) is 0 Å². The van der Waals surface area contributed by atoms with Gasteiger partial charge in [0.05, 0.1) is 11.5 Å². The molecular formula is C11H17N3O4S. The first kappa shape index (κ1) is 15.4. The minimum absolute atomic E-state index is 0.0424. The summed E-state index contributed by atoms with van der Waals surface area (Å²) in [6, 6.07) is 5.67. The van der Waals surface area contributed by atoms with Gasteiger partial charge in [-0.25, -0.2) is 18.4 Å².